The van der Waals surface area contributed by atoms with Crippen molar-refractivity contribution in [3.05, 3.63) is 72.1 Å². The lowest BCUT2D eigenvalue weighted by molar-refractivity contribution is -0.139. The number of thioether (sulfide) groups is 1. The number of amides is 2. The molecule has 3 aromatic rings. The summed E-state index contributed by atoms with van der Waals surface area (Å²) in [6.45, 7) is 0.624. The highest BCUT2D eigenvalue weighted by atomic mass is 32.2. The van der Waals surface area contributed by atoms with Crippen molar-refractivity contribution in [2.24, 2.45) is 0 Å². The van der Waals surface area contributed by atoms with Crippen LogP contribution in [-0.4, -0.2) is 58.4 Å². The van der Waals surface area contributed by atoms with Crippen molar-refractivity contribution in [3.8, 4) is 5.75 Å². The zero-order valence-electron chi connectivity index (χ0n) is 19.4. The summed E-state index contributed by atoms with van der Waals surface area (Å²) in [4.78, 5) is 34.1. The maximum Gasteiger partial charge on any atom is 0.254 e. The Morgan fingerprint density at radius 1 is 1.11 bits per heavy atom. The van der Waals surface area contributed by atoms with Gasteiger partial charge in [0.05, 0.1) is 32.1 Å². The van der Waals surface area contributed by atoms with Crippen molar-refractivity contribution in [2.75, 3.05) is 32.6 Å². The van der Waals surface area contributed by atoms with Crippen molar-refractivity contribution >= 4 is 45.8 Å². The molecule has 0 unspecified atom stereocenters. The Morgan fingerprint density at radius 2 is 1.89 bits per heavy atom. The molecule has 5 heterocycles. The number of nitrogens with zero attached hydrogens (tertiary/aromatic N) is 3. The van der Waals surface area contributed by atoms with Crippen molar-refractivity contribution in [3.63, 3.8) is 0 Å². The molecule has 1 aromatic carbocycles. The Hall–Kier alpha value is -3.08. The Labute approximate surface area is 211 Å². The van der Waals surface area contributed by atoms with Gasteiger partial charge in [0.2, 0.25) is 5.91 Å². The van der Waals surface area contributed by atoms with Crippen LogP contribution in [0.2, 0.25) is 0 Å². The van der Waals surface area contributed by atoms with Crippen molar-refractivity contribution < 1.29 is 23.2 Å². The van der Waals surface area contributed by atoms with Crippen LogP contribution in [0.1, 0.15) is 23.0 Å². The molecule has 8 nitrogen and oxygen atoms in total. The maximum absolute atomic E-state index is 14.6. The number of benzene rings is 1. The van der Waals surface area contributed by atoms with Crippen LogP contribution in [0.5, 0.6) is 5.75 Å². The predicted octanol–water partition coefficient (Wildman–Crippen LogP) is 3.58. The first-order chi connectivity index (χ1) is 16.9. The average Bonchev–Trinajstić information content (AvgIpc) is 3.66. The summed E-state index contributed by atoms with van der Waals surface area (Å²) in [6.07, 6.45) is 3.16. The third-order valence-electron chi connectivity index (χ3n) is 7.44. The molecule has 3 aliphatic heterocycles. The van der Waals surface area contributed by atoms with Gasteiger partial charge in [-0.2, -0.15) is 0 Å². The largest absolute Gasteiger partial charge is 0.497 e. The van der Waals surface area contributed by atoms with E-state index in [2.05, 4.69) is 0 Å². The van der Waals surface area contributed by atoms with Crippen molar-refractivity contribution in [1.29, 1.82) is 0 Å². The molecule has 2 spiro atoms. The summed E-state index contributed by atoms with van der Waals surface area (Å²) >= 11 is 7.06. The minimum atomic E-state index is -1.31. The Bertz CT molecular complexity index is 1340. The first kappa shape index (κ1) is 22.4. The Balaban J connectivity index is 1.61. The van der Waals surface area contributed by atoms with Gasteiger partial charge in [-0.3, -0.25) is 19.4 Å². The molecule has 0 radical (unpaired) electrons. The first-order valence-corrected chi connectivity index (χ1v) is 12.4. The van der Waals surface area contributed by atoms with Crippen LogP contribution in [0.25, 0.3) is 0 Å². The quantitative estimate of drug-likeness (QED) is 0.494. The van der Waals surface area contributed by atoms with Crippen LogP contribution in [-0.2, 0) is 21.7 Å². The van der Waals surface area contributed by atoms with Crippen LogP contribution in [0, 0.1) is 0 Å². The Kier molecular flexibility index (Phi) is 4.93. The molecule has 2 fully saturated rings. The number of likely N-dealkylation sites (N-methyl/N-ethyl adjacent to an activating group) is 2. The topological polar surface area (TPSA) is 79.4 Å². The second kappa shape index (κ2) is 7.71. The average molecular weight is 510 g/mol. The van der Waals surface area contributed by atoms with Gasteiger partial charge in [0.15, 0.2) is 5.54 Å². The fourth-order valence-electron chi connectivity index (χ4n) is 5.94. The fourth-order valence-corrected chi connectivity index (χ4v) is 8.04. The number of fused-ring (bicyclic) bond motifs is 3. The van der Waals surface area contributed by atoms with Crippen LogP contribution >= 0.6 is 24.0 Å². The number of methoxy groups -OCH3 is 1. The number of likely N-dealkylation sites (tertiary alicyclic amines) is 1. The third-order valence-corrected chi connectivity index (χ3v) is 9.38. The molecule has 2 amide bonds. The molecule has 3 atom stereocenters. The third kappa shape index (κ3) is 2.70. The van der Waals surface area contributed by atoms with E-state index in [0.717, 1.165) is 11.3 Å². The summed E-state index contributed by atoms with van der Waals surface area (Å²) in [6, 6.07) is 12.8. The van der Waals surface area contributed by atoms with Gasteiger partial charge in [0, 0.05) is 24.8 Å². The Morgan fingerprint density at radius 3 is 2.57 bits per heavy atom. The molecule has 0 aliphatic carbocycles. The summed E-state index contributed by atoms with van der Waals surface area (Å²) in [7, 11) is 5.22. The van der Waals surface area contributed by atoms with Gasteiger partial charge in [-0.15, -0.1) is 0 Å². The molecule has 2 aromatic heterocycles. The molecular weight excluding hydrogens is 486 g/mol. The van der Waals surface area contributed by atoms with Crippen LogP contribution in [0.3, 0.4) is 0 Å². The number of ether oxygens (including phenoxy) is 1. The number of carbonyl (C=O) groups is 2. The van der Waals surface area contributed by atoms with Gasteiger partial charge in [0.25, 0.3) is 5.91 Å². The summed E-state index contributed by atoms with van der Waals surface area (Å²) < 4.78 is 16.0. The van der Waals surface area contributed by atoms with E-state index in [0.29, 0.717) is 28.1 Å². The molecule has 0 N–H and O–H groups in total. The summed E-state index contributed by atoms with van der Waals surface area (Å²) in [5.41, 5.74) is 0.155. The SMILES string of the molecule is COc1ccc2c(c1)[C@]1(C(=O)N2C)N(C)C[C@@H](c2ccco2)[C@@]12SC(=S)N(Cc1ccco1)C2=O. The highest BCUT2D eigenvalue weighted by Crippen LogP contribution is 2.67. The molecule has 2 saturated heterocycles. The normalized spacial score (nSPS) is 28.2. The molecular formula is C25H23N3O5S2. The zero-order chi connectivity index (χ0) is 24.5. The number of hydrogen-bond donors (Lipinski definition) is 0. The number of carbonyl (C=O) groups excluding carboxylic acids is 2. The van der Waals surface area contributed by atoms with E-state index in [4.69, 9.17) is 25.8 Å². The highest BCUT2D eigenvalue weighted by molar-refractivity contribution is 8.25. The smallest absolute Gasteiger partial charge is 0.254 e. The van der Waals surface area contributed by atoms with E-state index in [-0.39, 0.29) is 18.4 Å². The van der Waals surface area contributed by atoms with Gasteiger partial charge in [-0.05, 0) is 49.5 Å². The molecule has 10 heteroatoms. The van der Waals surface area contributed by atoms with Crippen molar-refractivity contribution in [2.45, 2.75) is 22.7 Å². The summed E-state index contributed by atoms with van der Waals surface area (Å²) in [5, 5.41) is 0. The van der Waals surface area contributed by atoms with E-state index in [1.165, 1.54) is 11.8 Å². The van der Waals surface area contributed by atoms with Gasteiger partial charge in [-0.25, -0.2) is 0 Å². The van der Waals surface area contributed by atoms with E-state index in [1.807, 2.05) is 36.2 Å². The number of furan rings is 2. The molecule has 35 heavy (non-hydrogen) atoms. The van der Waals surface area contributed by atoms with E-state index in [9.17, 15) is 9.59 Å². The molecule has 180 valence electrons. The van der Waals surface area contributed by atoms with Crippen molar-refractivity contribution in [1.82, 2.24) is 9.80 Å². The number of rotatable bonds is 4. The molecule has 6 rings (SSSR count). The molecule has 0 saturated carbocycles. The first-order valence-electron chi connectivity index (χ1n) is 11.1. The van der Waals surface area contributed by atoms with Gasteiger partial charge < -0.3 is 18.5 Å². The van der Waals surface area contributed by atoms with Crippen LogP contribution < -0.4 is 9.64 Å². The summed E-state index contributed by atoms with van der Waals surface area (Å²) in [5.74, 6) is 1.04. The van der Waals surface area contributed by atoms with Crippen LogP contribution in [0.4, 0.5) is 5.69 Å². The lowest BCUT2D eigenvalue weighted by atomic mass is 9.73. The van der Waals surface area contributed by atoms with Gasteiger partial charge in [-0.1, -0.05) is 24.0 Å². The minimum absolute atomic E-state index is 0.180. The lowest BCUT2D eigenvalue weighted by Gasteiger charge is -2.41. The predicted molar refractivity (Wildman–Crippen MR) is 134 cm³/mol. The van der Waals surface area contributed by atoms with E-state index in [1.54, 1.807) is 54.7 Å². The second-order valence-corrected chi connectivity index (χ2v) is 10.9. The molecule has 3 aliphatic rings. The van der Waals surface area contributed by atoms with Gasteiger partial charge in [0.1, 0.15) is 26.3 Å². The number of thiocarbonyl (C=S) groups is 1. The second-order valence-electron chi connectivity index (χ2n) is 8.98. The fraction of sp³-hybridized carbons (Fsp3) is 0.320. The number of hydrogen-bond acceptors (Lipinski definition) is 8. The minimum Gasteiger partial charge on any atom is -0.497 e. The lowest BCUT2D eigenvalue weighted by Crippen LogP contribution is -2.62. The van der Waals surface area contributed by atoms with E-state index >= 15 is 0 Å². The molecule has 0 bridgehead atoms. The number of anilines is 1. The standard InChI is InChI=1S/C25H23N3O5S2/c1-26-14-18(20-7-5-11-33-20)25(22(30)28(23(34)35-25)13-16-6-4-10-32-16)24(26)17-12-15(31-3)8-9-19(17)27(2)21(24)29/h4-12,18H,13-14H2,1-3H3/t18-,24+,25-/m0/s1. The van der Waals surface area contributed by atoms with E-state index < -0.39 is 16.2 Å². The monoisotopic (exact) mass is 509 g/mol. The van der Waals surface area contributed by atoms with Gasteiger partial charge >= 0.3 is 0 Å². The van der Waals surface area contributed by atoms with Crippen LogP contribution in [0.15, 0.2) is 63.8 Å². The highest BCUT2D eigenvalue weighted by Gasteiger charge is 2.79. The maximum atomic E-state index is 14.6. The zero-order valence-corrected chi connectivity index (χ0v) is 21.0.